The quantitative estimate of drug-likeness (QED) is 0.917. The summed E-state index contributed by atoms with van der Waals surface area (Å²) < 4.78 is 5.23. The zero-order chi connectivity index (χ0) is 16.9. The van der Waals surface area contributed by atoms with Gasteiger partial charge in [-0.2, -0.15) is 0 Å². The predicted octanol–water partition coefficient (Wildman–Crippen LogP) is 2.82. The van der Waals surface area contributed by atoms with E-state index in [9.17, 15) is 4.79 Å². The topological polar surface area (TPSA) is 58.4 Å². The van der Waals surface area contributed by atoms with Crippen molar-refractivity contribution >= 4 is 5.91 Å². The van der Waals surface area contributed by atoms with Crippen molar-refractivity contribution in [2.45, 2.75) is 39.8 Å². The molecule has 5 heteroatoms. The molecule has 1 aliphatic heterocycles. The number of carbonyl (C=O) groups excluding carboxylic acids is 1. The van der Waals surface area contributed by atoms with Crippen LogP contribution in [0, 0.1) is 19.8 Å². The van der Waals surface area contributed by atoms with Crippen LogP contribution < -0.4 is 5.32 Å². The zero-order valence-electron chi connectivity index (χ0n) is 14.4. The van der Waals surface area contributed by atoms with E-state index in [-0.39, 0.29) is 11.8 Å². The van der Waals surface area contributed by atoms with Crippen molar-refractivity contribution in [3.8, 4) is 0 Å². The molecule has 0 radical (unpaired) electrons. The Hall–Kier alpha value is -2.14. The van der Waals surface area contributed by atoms with Gasteiger partial charge >= 0.3 is 0 Å². The van der Waals surface area contributed by atoms with Crippen LogP contribution in [-0.2, 0) is 17.9 Å². The third-order valence-corrected chi connectivity index (χ3v) is 4.83. The van der Waals surface area contributed by atoms with Gasteiger partial charge in [0.2, 0.25) is 5.91 Å². The lowest BCUT2D eigenvalue weighted by Gasteiger charge is -2.31. The molecule has 1 N–H and O–H groups in total. The van der Waals surface area contributed by atoms with Crippen molar-refractivity contribution in [2.24, 2.45) is 5.92 Å². The summed E-state index contributed by atoms with van der Waals surface area (Å²) in [4.78, 5) is 14.7. The fourth-order valence-electron chi connectivity index (χ4n) is 3.23. The monoisotopic (exact) mass is 327 g/mol. The van der Waals surface area contributed by atoms with E-state index in [0.29, 0.717) is 6.54 Å². The van der Waals surface area contributed by atoms with E-state index in [0.717, 1.165) is 49.5 Å². The largest absolute Gasteiger partial charge is 0.361 e. The molecular weight excluding hydrogens is 302 g/mol. The van der Waals surface area contributed by atoms with Crippen molar-refractivity contribution in [1.82, 2.24) is 15.4 Å². The minimum Gasteiger partial charge on any atom is -0.361 e. The molecule has 1 amide bonds. The first kappa shape index (κ1) is 16.7. The number of aromatic nitrogens is 1. The highest BCUT2D eigenvalue weighted by Crippen LogP contribution is 2.21. The molecule has 1 aromatic heterocycles. The highest BCUT2D eigenvalue weighted by Gasteiger charge is 2.25. The van der Waals surface area contributed by atoms with Gasteiger partial charge in [0.05, 0.1) is 5.69 Å². The number of piperidine rings is 1. The van der Waals surface area contributed by atoms with Crippen molar-refractivity contribution in [3.63, 3.8) is 0 Å². The number of nitrogens with zero attached hydrogens (tertiary/aromatic N) is 2. The number of amides is 1. The number of aryl methyl sites for hydroxylation is 2. The Labute approximate surface area is 143 Å². The van der Waals surface area contributed by atoms with E-state index in [2.05, 4.69) is 15.4 Å². The van der Waals surface area contributed by atoms with E-state index in [1.807, 2.05) is 44.2 Å². The van der Waals surface area contributed by atoms with Crippen molar-refractivity contribution in [2.75, 3.05) is 13.1 Å². The van der Waals surface area contributed by atoms with Crippen LogP contribution in [0.3, 0.4) is 0 Å². The van der Waals surface area contributed by atoms with Gasteiger partial charge < -0.3 is 9.84 Å². The molecule has 2 aromatic rings. The molecule has 0 spiro atoms. The maximum Gasteiger partial charge on any atom is 0.223 e. The molecule has 24 heavy (non-hydrogen) atoms. The minimum atomic E-state index is 0.120. The Bertz CT molecular complexity index is 654. The van der Waals surface area contributed by atoms with Gasteiger partial charge in [-0.05, 0) is 45.3 Å². The van der Waals surface area contributed by atoms with Gasteiger partial charge in [0.1, 0.15) is 5.76 Å². The Balaban J connectivity index is 1.45. The predicted molar refractivity (Wildman–Crippen MR) is 92.3 cm³/mol. The first-order valence-corrected chi connectivity index (χ1v) is 8.59. The number of hydrogen-bond donors (Lipinski definition) is 1. The highest BCUT2D eigenvalue weighted by molar-refractivity contribution is 5.78. The van der Waals surface area contributed by atoms with Gasteiger partial charge in [0.25, 0.3) is 0 Å². The van der Waals surface area contributed by atoms with E-state index in [1.165, 1.54) is 5.56 Å². The fraction of sp³-hybridized carbons (Fsp3) is 0.474. The van der Waals surface area contributed by atoms with Gasteiger partial charge in [-0.1, -0.05) is 35.5 Å². The number of carbonyl (C=O) groups is 1. The third-order valence-electron chi connectivity index (χ3n) is 4.83. The summed E-state index contributed by atoms with van der Waals surface area (Å²) in [6.07, 6.45) is 1.81. The lowest BCUT2D eigenvalue weighted by atomic mass is 9.95. The van der Waals surface area contributed by atoms with Crippen LogP contribution in [0.1, 0.15) is 35.4 Å². The summed E-state index contributed by atoms with van der Waals surface area (Å²) in [5.74, 6) is 1.20. The van der Waals surface area contributed by atoms with Crippen LogP contribution in [0.25, 0.3) is 0 Å². The van der Waals surface area contributed by atoms with Gasteiger partial charge in [0, 0.05) is 24.6 Å². The van der Waals surface area contributed by atoms with Crippen LogP contribution in [0.15, 0.2) is 34.9 Å². The number of rotatable bonds is 5. The molecule has 1 aliphatic rings. The average molecular weight is 327 g/mol. The van der Waals surface area contributed by atoms with Crippen LogP contribution in [-0.4, -0.2) is 29.1 Å². The zero-order valence-corrected chi connectivity index (χ0v) is 14.4. The molecule has 1 fully saturated rings. The Morgan fingerprint density at radius 2 is 1.96 bits per heavy atom. The maximum absolute atomic E-state index is 12.3. The standard InChI is InChI=1S/C19H25N3O2/c1-14-18(15(2)24-21-14)13-22-10-8-17(9-11-22)19(23)20-12-16-6-4-3-5-7-16/h3-7,17H,8-13H2,1-2H3,(H,20,23). The van der Waals surface area contributed by atoms with E-state index in [1.54, 1.807) is 0 Å². The molecule has 0 unspecified atom stereocenters. The van der Waals surface area contributed by atoms with E-state index >= 15 is 0 Å². The van der Waals surface area contributed by atoms with Crippen molar-refractivity contribution in [1.29, 1.82) is 0 Å². The van der Waals surface area contributed by atoms with Crippen LogP contribution in [0.2, 0.25) is 0 Å². The van der Waals surface area contributed by atoms with Gasteiger partial charge in [-0.3, -0.25) is 9.69 Å². The molecule has 1 aromatic carbocycles. The van der Waals surface area contributed by atoms with Crippen LogP contribution in [0.5, 0.6) is 0 Å². The second kappa shape index (κ2) is 7.62. The van der Waals surface area contributed by atoms with E-state index < -0.39 is 0 Å². The Kier molecular flexibility index (Phi) is 5.30. The number of likely N-dealkylation sites (tertiary alicyclic amines) is 1. The molecule has 0 saturated carbocycles. The molecule has 5 nitrogen and oxygen atoms in total. The Morgan fingerprint density at radius 1 is 1.25 bits per heavy atom. The first-order chi connectivity index (χ1) is 11.6. The molecule has 1 saturated heterocycles. The summed E-state index contributed by atoms with van der Waals surface area (Å²) in [7, 11) is 0. The average Bonchev–Trinajstić information content (AvgIpc) is 2.93. The molecule has 128 valence electrons. The Morgan fingerprint density at radius 3 is 2.58 bits per heavy atom. The van der Waals surface area contributed by atoms with Crippen molar-refractivity contribution in [3.05, 3.63) is 52.9 Å². The second-order valence-electron chi connectivity index (χ2n) is 6.56. The lowest BCUT2D eigenvalue weighted by molar-refractivity contribution is -0.126. The molecule has 2 heterocycles. The van der Waals surface area contributed by atoms with Gasteiger partial charge in [0.15, 0.2) is 0 Å². The van der Waals surface area contributed by atoms with Crippen molar-refractivity contribution < 1.29 is 9.32 Å². The normalized spacial score (nSPS) is 16.2. The fourth-order valence-corrected chi connectivity index (χ4v) is 3.23. The third kappa shape index (κ3) is 4.03. The van der Waals surface area contributed by atoms with Crippen LogP contribution in [0.4, 0.5) is 0 Å². The number of nitrogens with one attached hydrogen (secondary N) is 1. The summed E-state index contributed by atoms with van der Waals surface area (Å²) in [5, 5.41) is 7.08. The lowest BCUT2D eigenvalue weighted by Crippen LogP contribution is -2.40. The molecule has 0 bridgehead atoms. The van der Waals surface area contributed by atoms with Gasteiger partial charge in [-0.15, -0.1) is 0 Å². The first-order valence-electron chi connectivity index (χ1n) is 8.59. The number of benzene rings is 1. The summed E-state index contributed by atoms with van der Waals surface area (Å²) in [5.41, 5.74) is 3.29. The number of hydrogen-bond acceptors (Lipinski definition) is 4. The summed E-state index contributed by atoms with van der Waals surface area (Å²) >= 11 is 0. The van der Waals surface area contributed by atoms with Crippen LogP contribution >= 0.6 is 0 Å². The maximum atomic E-state index is 12.3. The second-order valence-corrected chi connectivity index (χ2v) is 6.56. The SMILES string of the molecule is Cc1noc(C)c1CN1CCC(C(=O)NCc2ccccc2)CC1. The highest BCUT2D eigenvalue weighted by atomic mass is 16.5. The summed E-state index contributed by atoms with van der Waals surface area (Å²) in [6, 6.07) is 10.0. The molecule has 3 rings (SSSR count). The molecular formula is C19H25N3O2. The van der Waals surface area contributed by atoms with E-state index in [4.69, 9.17) is 4.52 Å². The molecule has 0 atom stereocenters. The smallest absolute Gasteiger partial charge is 0.223 e. The van der Waals surface area contributed by atoms with Gasteiger partial charge in [-0.25, -0.2) is 0 Å². The minimum absolute atomic E-state index is 0.120. The molecule has 0 aliphatic carbocycles. The summed E-state index contributed by atoms with van der Waals surface area (Å²) in [6.45, 7) is 7.29.